The van der Waals surface area contributed by atoms with E-state index in [0.29, 0.717) is 18.3 Å². The number of rotatable bonds is 7. The van der Waals surface area contributed by atoms with E-state index in [0.717, 1.165) is 30.0 Å². The monoisotopic (exact) mass is 332 g/mol. The lowest BCUT2D eigenvalue weighted by atomic mass is 10.2. The van der Waals surface area contributed by atoms with Crippen molar-refractivity contribution in [1.82, 2.24) is 20.2 Å². The van der Waals surface area contributed by atoms with Crippen molar-refractivity contribution in [2.75, 3.05) is 18.8 Å². The van der Waals surface area contributed by atoms with Crippen LogP contribution in [0.2, 0.25) is 0 Å². The zero-order valence-electron chi connectivity index (χ0n) is 12.6. The molecule has 0 spiro atoms. The fourth-order valence-corrected chi connectivity index (χ4v) is 4.97. The quantitative estimate of drug-likeness (QED) is 0.702. The van der Waals surface area contributed by atoms with E-state index in [1.807, 2.05) is 25.6 Å². The van der Waals surface area contributed by atoms with E-state index < -0.39 is 10.0 Å². The molecule has 1 aromatic heterocycles. The average Bonchev–Trinajstić information content (AvgIpc) is 2.86. The first-order chi connectivity index (χ1) is 10.0. The summed E-state index contributed by atoms with van der Waals surface area (Å²) < 4.78 is 27.6. The molecule has 1 aromatic rings. The fourth-order valence-electron chi connectivity index (χ4n) is 2.35. The van der Waals surface area contributed by atoms with Crippen molar-refractivity contribution in [3.63, 3.8) is 0 Å². The number of hydrogen-bond donors (Lipinski definition) is 3. The van der Waals surface area contributed by atoms with Crippen LogP contribution in [-0.2, 0) is 16.6 Å². The lowest BCUT2D eigenvalue weighted by Gasteiger charge is -2.21. The molecule has 2 rings (SSSR count). The molecule has 1 atom stereocenters. The molecule has 0 aliphatic carbocycles. The standard InChI is InChI=1S/C13H24N4O2S2/c1-3-14-9-12-10(2)16-17-13(12)21(18,19)15-8-11-6-4-5-7-20-11/h11,14-15H,3-9H2,1-2H3,(H,16,17). The van der Waals surface area contributed by atoms with Crippen LogP contribution in [0.5, 0.6) is 0 Å². The molecule has 120 valence electrons. The van der Waals surface area contributed by atoms with Crippen LogP contribution in [0.3, 0.4) is 0 Å². The Labute approximate surface area is 130 Å². The first kappa shape index (κ1) is 16.8. The number of H-pyrrole nitrogens is 1. The third-order valence-electron chi connectivity index (χ3n) is 3.62. The van der Waals surface area contributed by atoms with Crippen LogP contribution in [0.1, 0.15) is 37.4 Å². The highest BCUT2D eigenvalue weighted by atomic mass is 32.2. The van der Waals surface area contributed by atoms with Gasteiger partial charge in [-0.1, -0.05) is 13.3 Å². The van der Waals surface area contributed by atoms with Crippen LogP contribution in [-0.4, -0.2) is 42.7 Å². The predicted octanol–water partition coefficient (Wildman–Crippen LogP) is 1.39. The number of hydrogen-bond acceptors (Lipinski definition) is 5. The van der Waals surface area contributed by atoms with Gasteiger partial charge in [-0.2, -0.15) is 16.9 Å². The molecular formula is C13H24N4O2S2. The molecule has 8 heteroatoms. The Hall–Kier alpha value is -0.570. The van der Waals surface area contributed by atoms with Crippen LogP contribution in [0.15, 0.2) is 5.03 Å². The summed E-state index contributed by atoms with van der Waals surface area (Å²) in [7, 11) is -3.55. The van der Waals surface area contributed by atoms with Crippen molar-refractivity contribution in [3.8, 4) is 0 Å². The third-order valence-corrected chi connectivity index (χ3v) is 6.41. The number of aryl methyl sites for hydroxylation is 1. The Bertz CT molecular complexity index is 551. The van der Waals surface area contributed by atoms with Crippen molar-refractivity contribution in [1.29, 1.82) is 0 Å². The Morgan fingerprint density at radius 1 is 1.43 bits per heavy atom. The van der Waals surface area contributed by atoms with Crippen LogP contribution in [0.25, 0.3) is 0 Å². The summed E-state index contributed by atoms with van der Waals surface area (Å²) in [5.41, 5.74) is 1.52. The second kappa shape index (κ2) is 7.62. The maximum absolute atomic E-state index is 12.4. The highest BCUT2D eigenvalue weighted by molar-refractivity contribution is 8.00. The summed E-state index contributed by atoms with van der Waals surface area (Å²) in [4.78, 5) is 0. The molecule has 1 unspecified atom stereocenters. The second-order valence-corrected chi connectivity index (χ2v) is 8.34. The van der Waals surface area contributed by atoms with E-state index >= 15 is 0 Å². The van der Waals surface area contributed by atoms with Gasteiger partial charge in [-0.25, -0.2) is 13.1 Å². The fraction of sp³-hybridized carbons (Fsp3) is 0.769. The Kier molecular flexibility index (Phi) is 6.09. The van der Waals surface area contributed by atoms with Gasteiger partial charge in [0.15, 0.2) is 5.03 Å². The minimum absolute atomic E-state index is 0.127. The second-order valence-electron chi connectivity index (χ2n) is 5.25. The lowest BCUT2D eigenvalue weighted by molar-refractivity contribution is 0.567. The van der Waals surface area contributed by atoms with Gasteiger partial charge in [-0.05, 0) is 32.1 Å². The number of aromatic nitrogens is 2. The van der Waals surface area contributed by atoms with Crippen molar-refractivity contribution in [3.05, 3.63) is 11.3 Å². The Morgan fingerprint density at radius 2 is 2.24 bits per heavy atom. The van der Waals surface area contributed by atoms with Gasteiger partial charge < -0.3 is 5.32 Å². The number of nitrogens with one attached hydrogen (secondary N) is 3. The highest BCUT2D eigenvalue weighted by Gasteiger charge is 2.25. The van der Waals surface area contributed by atoms with Crippen LogP contribution < -0.4 is 10.0 Å². The van der Waals surface area contributed by atoms with Crippen molar-refractivity contribution in [2.24, 2.45) is 0 Å². The summed E-state index contributed by atoms with van der Waals surface area (Å²) in [5.74, 6) is 1.12. The molecule has 0 bridgehead atoms. The first-order valence-corrected chi connectivity index (χ1v) is 9.93. The van der Waals surface area contributed by atoms with E-state index in [-0.39, 0.29) is 5.03 Å². The normalized spacial score (nSPS) is 19.8. The Morgan fingerprint density at radius 3 is 2.90 bits per heavy atom. The maximum atomic E-state index is 12.4. The van der Waals surface area contributed by atoms with E-state index in [9.17, 15) is 8.42 Å². The first-order valence-electron chi connectivity index (χ1n) is 7.40. The van der Waals surface area contributed by atoms with E-state index in [2.05, 4.69) is 20.2 Å². The molecule has 0 saturated carbocycles. The summed E-state index contributed by atoms with van der Waals surface area (Å²) in [6.07, 6.45) is 3.50. The molecule has 0 radical (unpaired) electrons. The van der Waals surface area contributed by atoms with Crippen molar-refractivity contribution >= 4 is 21.8 Å². The number of thioether (sulfide) groups is 1. The zero-order chi connectivity index (χ0) is 15.3. The van der Waals surface area contributed by atoms with E-state index in [1.54, 1.807) is 0 Å². The Balaban J connectivity index is 2.04. The van der Waals surface area contributed by atoms with E-state index in [1.165, 1.54) is 12.8 Å². The number of sulfonamides is 1. The number of nitrogens with zero attached hydrogens (tertiary/aromatic N) is 1. The summed E-state index contributed by atoms with van der Waals surface area (Å²) in [5, 5.41) is 10.4. The molecule has 1 aliphatic rings. The number of aromatic amines is 1. The minimum atomic E-state index is -3.55. The van der Waals surface area contributed by atoms with Gasteiger partial charge in [0.2, 0.25) is 0 Å². The van der Waals surface area contributed by atoms with Gasteiger partial charge in [0, 0.05) is 29.6 Å². The van der Waals surface area contributed by atoms with Gasteiger partial charge in [0.25, 0.3) is 10.0 Å². The van der Waals surface area contributed by atoms with Gasteiger partial charge in [0.1, 0.15) is 0 Å². The van der Waals surface area contributed by atoms with Gasteiger partial charge in [-0.15, -0.1) is 0 Å². The lowest BCUT2D eigenvalue weighted by Crippen LogP contribution is -2.33. The minimum Gasteiger partial charge on any atom is -0.313 e. The van der Waals surface area contributed by atoms with Crippen LogP contribution in [0.4, 0.5) is 0 Å². The summed E-state index contributed by atoms with van der Waals surface area (Å²) >= 11 is 1.85. The van der Waals surface area contributed by atoms with Crippen molar-refractivity contribution in [2.45, 2.75) is 49.9 Å². The zero-order valence-corrected chi connectivity index (χ0v) is 14.2. The van der Waals surface area contributed by atoms with Crippen LogP contribution >= 0.6 is 11.8 Å². The van der Waals surface area contributed by atoms with Gasteiger partial charge in [-0.3, -0.25) is 5.10 Å². The largest absolute Gasteiger partial charge is 0.313 e. The van der Waals surface area contributed by atoms with Crippen LogP contribution in [0, 0.1) is 6.92 Å². The predicted molar refractivity (Wildman–Crippen MR) is 86.0 cm³/mol. The maximum Gasteiger partial charge on any atom is 0.260 e. The molecule has 1 aliphatic heterocycles. The molecule has 0 aromatic carbocycles. The SMILES string of the molecule is CCNCc1c(S(=O)(=O)NCC2CCCCS2)n[nH]c1C. The molecule has 6 nitrogen and oxygen atoms in total. The summed E-state index contributed by atoms with van der Waals surface area (Å²) in [6, 6.07) is 0. The molecule has 0 amide bonds. The van der Waals surface area contributed by atoms with Crippen molar-refractivity contribution < 1.29 is 8.42 Å². The van der Waals surface area contributed by atoms with Gasteiger partial charge >= 0.3 is 0 Å². The van der Waals surface area contributed by atoms with Gasteiger partial charge in [0.05, 0.1) is 0 Å². The molecule has 1 saturated heterocycles. The molecule has 2 heterocycles. The molecule has 1 fully saturated rings. The molecule has 21 heavy (non-hydrogen) atoms. The molecule has 3 N–H and O–H groups in total. The average molecular weight is 332 g/mol. The third kappa shape index (κ3) is 4.45. The molecular weight excluding hydrogens is 308 g/mol. The summed E-state index contributed by atoms with van der Waals surface area (Å²) in [6.45, 7) is 5.61. The smallest absolute Gasteiger partial charge is 0.260 e. The van der Waals surface area contributed by atoms with E-state index in [4.69, 9.17) is 0 Å². The topological polar surface area (TPSA) is 86.9 Å². The highest BCUT2D eigenvalue weighted by Crippen LogP contribution is 2.25.